The summed E-state index contributed by atoms with van der Waals surface area (Å²) in [6.45, 7) is 11.3. The summed E-state index contributed by atoms with van der Waals surface area (Å²) in [4.78, 5) is 18.5. The van der Waals surface area contributed by atoms with Gasteiger partial charge in [-0.3, -0.25) is 4.79 Å². The van der Waals surface area contributed by atoms with Crippen molar-refractivity contribution >= 4 is 17.3 Å². The van der Waals surface area contributed by atoms with Crippen molar-refractivity contribution in [2.45, 2.75) is 97.2 Å². The van der Waals surface area contributed by atoms with Gasteiger partial charge in [-0.05, 0) is 63.9 Å². The summed E-state index contributed by atoms with van der Waals surface area (Å²) in [6.07, 6.45) is 7.00. The highest BCUT2D eigenvalue weighted by Crippen LogP contribution is 2.49. The fraction of sp³-hybridized carbons (Fsp3) is 0.567. The van der Waals surface area contributed by atoms with Crippen molar-refractivity contribution in [3.05, 3.63) is 58.4 Å². The van der Waals surface area contributed by atoms with Crippen LogP contribution in [0.25, 0.3) is 10.6 Å². The van der Waals surface area contributed by atoms with E-state index >= 15 is 0 Å². The van der Waals surface area contributed by atoms with Crippen molar-refractivity contribution < 1.29 is 18.8 Å². The van der Waals surface area contributed by atoms with Crippen LogP contribution in [-0.2, 0) is 27.3 Å². The first-order valence-electron chi connectivity index (χ1n) is 13.5. The molecule has 0 unspecified atom stereocenters. The lowest BCUT2D eigenvalue weighted by atomic mass is 9.90. The molecule has 2 aromatic heterocycles. The van der Waals surface area contributed by atoms with Gasteiger partial charge in [0.2, 0.25) is 0 Å². The highest BCUT2D eigenvalue weighted by atomic mass is 32.1. The zero-order valence-electron chi connectivity index (χ0n) is 22.8. The summed E-state index contributed by atoms with van der Waals surface area (Å²) in [5.41, 5.74) is 2.71. The lowest BCUT2D eigenvalue weighted by Crippen LogP contribution is -2.25. The quantitative estimate of drug-likeness (QED) is 0.169. The first kappa shape index (κ1) is 27.5. The number of carbonyl (C=O) groups excluding carboxylic acids is 1. The van der Waals surface area contributed by atoms with Gasteiger partial charge in [0.25, 0.3) is 0 Å². The second-order valence-corrected chi connectivity index (χ2v) is 12.6. The molecule has 0 spiro atoms. The lowest BCUT2D eigenvalue weighted by Gasteiger charge is -2.22. The van der Waals surface area contributed by atoms with Gasteiger partial charge in [-0.2, -0.15) is 0 Å². The molecule has 0 aliphatic heterocycles. The molecule has 3 aromatic rings. The van der Waals surface area contributed by atoms with Crippen LogP contribution in [0.3, 0.4) is 0 Å². The maximum atomic E-state index is 12.9. The molecule has 1 aromatic carbocycles. The molecule has 1 aliphatic carbocycles. The summed E-state index contributed by atoms with van der Waals surface area (Å²) >= 11 is 1.69. The van der Waals surface area contributed by atoms with Gasteiger partial charge in [0, 0.05) is 30.7 Å². The molecule has 4 rings (SSSR count). The molecule has 2 heterocycles. The van der Waals surface area contributed by atoms with E-state index < -0.39 is 5.60 Å². The van der Waals surface area contributed by atoms with Gasteiger partial charge in [-0.15, -0.1) is 11.3 Å². The number of carbonyl (C=O) groups is 1. The monoisotopic (exact) mass is 524 g/mol. The summed E-state index contributed by atoms with van der Waals surface area (Å²) in [5, 5.41) is 5.69. The Morgan fingerprint density at radius 2 is 1.95 bits per heavy atom. The Bertz CT molecular complexity index is 1140. The van der Waals surface area contributed by atoms with Crippen LogP contribution in [0.2, 0.25) is 0 Å². The van der Waals surface area contributed by atoms with Crippen molar-refractivity contribution in [3.8, 4) is 10.6 Å². The molecule has 1 atom stereocenters. The zero-order chi connectivity index (χ0) is 26.4. The number of esters is 1. The molecule has 7 heteroatoms. The van der Waals surface area contributed by atoms with E-state index in [9.17, 15) is 4.79 Å². The summed E-state index contributed by atoms with van der Waals surface area (Å²) in [5.74, 6) is 1.54. The molecule has 1 aliphatic rings. The van der Waals surface area contributed by atoms with Crippen molar-refractivity contribution in [2.75, 3.05) is 6.61 Å². The van der Waals surface area contributed by atoms with Gasteiger partial charge in [0.15, 0.2) is 5.76 Å². The zero-order valence-corrected chi connectivity index (χ0v) is 23.6. The molecular weight excluding hydrogens is 484 g/mol. The summed E-state index contributed by atoms with van der Waals surface area (Å²) in [6, 6.07) is 10.2. The molecule has 0 amide bonds. The van der Waals surface area contributed by atoms with Crippen LogP contribution in [-0.4, -0.2) is 28.3 Å². The second-order valence-electron chi connectivity index (χ2n) is 11.5. The SMILES string of the molecule is CC(C)Cc1ncc(-c2onc([C@@H](CCCOCc3ccccc3)CC(=O)OC(C)(C)C)c2C2CC2)s1. The van der Waals surface area contributed by atoms with Crippen LogP contribution in [0, 0.1) is 5.92 Å². The maximum Gasteiger partial charge on any atom is 0.306 e. The van der Waals surface area contributed by atoms with Crippen molar-refractivity contribution in [1.29, 1.82) is 0 Å². The van der Waals surface area contributed by atoms with Crippen molar-refractivity contribution in [1.82, 2.24) is 10.1 Å². The van der Waals surface area contributed by atoms with E-state index in [1.54, 1.807) is 11.3 Å². The Hall–Kier alpha value is -2.51. The summed E-state index contributed by atoms with van der Waals surface area (Å²) < 4.78 is 17.6. The smallest absolute Gasteiger partial charge is 0.306 e. The maximum absolute atomic E-state index is 12.9. The van der Waals surface area contributed by atoms with E-state index in [0.717, 1.165) is 59.0 Å². The molecule has 0 radical (unpaired) electrons. The van der Waals surface area contributed by atoms with Gasteiger partial charge in [-0.25, -0.2) is 4.98 Å². The van der Waals surface area contributed by atoms with Crippen molar-refractivity contribution in [2.24, 2.45) is 5.92 Å². The minimum Gasteiger partial charge on any atom is -0.460 e. The number of ether oxygens (including phenoxy) is 2. The average Bonchev–Trinajstić information content (AvgIpc) is 3.40. The number of thiazole rings is 1. The predicted octanol–water partition coefficient (Wildman–Crippen LogP) is 7.69. The summed E-state index contributed by atoms with van der Waals surface area (Å²) in [7, 11) is 0. The molecule has 0 saturated heterocycles. The third-order valence-corrected chi connectivity index (χ3v) is 7.29. The number of nitrogens with zero attached hydrogens (tertiary/aromatic N) is 2. The largest absolute Gasteiger partial charge is 0.460 e. The molecule has 37 heavy (non-hydrogen) atoms. The van der Waals surface area contributed by atoms with Crippen LogP contribution in [0.1, 0.15) is 100 Å². The number of hydrogen-bond donors (Lipinski definition) is 0. The number of benzene rings is 1. The fourth-order valence-corrected chi connectivity index (χ4v) is 5.64. The Morgan fingerprint density at radius 3 is 2.62 bits per heavy atom. The Balaban J connectivity index is 1.50. The predicted molar refractivity (Wildman–Crippen MR) is 147 cm³/mol. The first-order chi connectivity index (χ1) is 17.7. The fourth-order valence-electron chi connectivity index (χ4n) is 4.52. The van der Waals surface area contributed by atoms with Crippen LogP contribution in [0.4, 0.5) is 0 Å². The van der Waals surface area contributed by atoms with Gasteiger partial charge in [-0.1, -0.05) is 49.3 Å². The molecular formula is C30H40N2O4S. The van der Waals surface area contributed by atoms with Crippen LogP contribution < -0.4 is 0 Å². The third-order valence-electron chi connectivity index (χ3n) is 6.27. The number of aromatic nitrogens is 2. The van der Waals surface area contributed by atoms with E-state index in [4.69, 9.17) is 14.0 Å². The van der Waals surface area contributed by atoms with Crippen LogP contribution in [0.15, 0.2) is 41.1 Å². The molecule has 0 N–H and O–H groups in total. The van der Waals surface area contributed by atoms with Crippen molar-refractivity contribution in [3.63, 3.8) is 0 Å². The Morgan fingerprint density at radius 1 is 1.19 bits per heavy atom. The first-order valence-corrected chi connectivity index (χ1v) is 14.3. The average molecular weight is 525 g/mol. The third kappa shape index (κ3) is 8.24. The van der Waals surface area contributed by atoms with E-state index in [1.165, 1.54) is 5.56 Å². The number of rotatable bonds is 13. The van der Waals surface area contributed by atoms with Gasteiger partial charge < -0.3 is 14.0 Å². The number of hydrogen-bond acceptors (Lipinski definition) is 7. The standard InChI is InChI=1S/C30H40N2O4S/c1-20(2)16-25-31-18-24(37-25)29-27(22-13-14-22)28(32-36-29)23(17-26(33)35-30(3,4)5)12-9-15-34-19-21-10-7-6-8-11-21/h6-8,10-11,18,20,22-23H,9,12-17,19H2,1-5H3/t23-/m0/s1. The highest BCUT2D eigenvalue weighted by molar-refractivity contribution is 7.15. The van der Waals surface area contributed by atoms with E-state index in [2.05, 4.69) is 36.1 Å². The normalized spacial score (nSPS) is 14.8. The van der Waals surface area contributed by atoms with Gasteiger partial charge in [0.1, 0.15) is 5.60 Å². The molecule has 6 nitrogen and oxygen atoms in total. The second kappa shape index (κ2) is 12.4. The topological polar surface area (TPSA) is 74.5 Å². The Labute approximate surface area is 224 Å². The van der Waals surface area contributed by atoms with Crippen LogP contribution >= 0.6 is 11.3 Å². The van der Waals surface area contributed by atoms with E-state index in [1.807, 2.05) is 45.2 Å². The molecule has 200 valence electrons. The van der Waals surface area contributed by atoms with Gasteiger partial charge in [0.05, 0.1) is 28.6 Å². The van der Waals surface area contributed by atoms with E-state index in [0.29, 0.717) is 25.0 Å². The molecule has 0 bridgehead atoms. The van der Waals surface area contributed by atoms with Gasteiger partial charge >= 0.3 is 5.97 Å². The minimum atomic E-state index is -0.524. The molecule has 1 fully saturated rings. The van der Waals surface area contributed by atoms with E-state index in [-0.39, 0.29) is 18.3 Å². The minimum absolute atomic E-state index is 0.0775. The molecule has 1 saturated carbocycles. The lowest BCUT2D eigenvalue weighted by molar-refractivity contribution is -0.155. The highest BCUT2D eigenvalue weighted by Gasteiger charge is 2.37. The Kier molecular flexibility index (Phi) is 9.19. The van der Waals surface area contributed by atoms with Crippen LogP contribution in [0.5, 0.6) is 0 Å².